The van der Waals surface area contributed by atoms with Crippen LogP contribution >= 0.6 is 0 Å². The highest BCUT2D eigenvalue weighted by atomic mass is 16.5. The summed E-state index contributed by atoms with van der Waals surface area (Å²) in [6.07, 6.45) is 1.21. The van der Waals surface area contributed by atoms with Crippen molar-refractivity contribution in [1.29, 1.82) is 0 Å². The number of nitrogens with zero attached hydrogens (tertiary/aromatic N) is 2. The predicted molar refractivity (Wildman–Crippen MR) is 135 cm³/mol. The summed E-state index contributed by atoms with van der Waals surface area (Å²) >= 11 is 0. The Bertz CT molecular complexity index is 1340. The number of methoxy groups -OCH3 is 1. The molecule has 0 radical (unpaired) electrons. The summed E-state index contributed by atoms with van der Waals surface area (Å²) in [4.78, 5) is 38.5. The molecule has 2 amide bonds. The first-order valence-electron chi connectivity index (χ1n) is 12.0. The molecule has 1 fully saturated rings. The number of carbonyl (C=O) groups is 2. The zero-order chi connectivity index (χ0) is 26.0. The van der Waals surface area contributed by atoms with E-state index in [1.165, 1.54) is 10.6 Å². The van der Waals surface area contributed by atoms with Crippen LogP contribution in [0.5, 0.6) is 5.75 Å². The quantitative estimate of drug-likeness (QED) is 0.375. The van der Waals surface area contributed by atoms with Crippen molar-refractivity contribution in [2.75, 3.05) is 19.0 Å². The fraction of sp³-hybridized carbons (Fsp3) is 0.423. The molecule has 36 heavy (non-hydrogen) atoms. The van der Waals surface area contributed by atoms with Crippen molar-refractivity contribution >= 4 is 28.5 Å². The van der Waals surface area contributed by atoms with Gasteiger partial charge in [0.15, 0.2) is 0 Å². The molecule has 192 valence electrons. The van der Waals surface area contributed by atoms with Crippen molar-refractivity contribution in [2.24, 2.45) is 11.7 Å². The minimum absolute atomic E-state index is 0.0729. The predicted octanol–water partition coefficient (Wildman–Crippen LogP) is 1.94. The molecule has 1 aliphatic rings. The number of carbonyl (C=O) groups excluding carboxylic acids is 2. The number of primary amides is 1. The molecular weight excluding hydrogens is 464 g/mol. The third kappa shape index (κ3) is 4.87. The monoisotopic (exact) mass is 496 g/mol. The van der Waals surface area contributed by atoms with Crippen LogP contribution < -0.4 is 21.5 Å². The lowest BCUT2D eigenvalue weighted by molar-refractivity contribution is -0.121. The van der Waals surface area contributed by atoms with E-state index in [9.17, 15) is 24.6 Å². The molecule has 2 aromatic carbocycles. The van der Waals surface area contributed by atoms with Gasteiger partial charge in [-0.3, -0.25) is 18.7 Å². The van der Waals surface area contributed by atoms with E-state index in [1.54, 1.807) is 29.9 Å². The van der Waals surface area contributed by atoms with E-state index in [0.29, 0.717) is 48.2 Å². The van der Waals surface area contributed by atoms with Gasteiger partial charge in [-0.2, -0.15) is 0 Å². The zero-order valence-corrected chi connectivity index (χ0v) is 20.4. The van der Waals surface area contributed by atoms with Gasteiger partial charge in [0, 0.05) is 23.7 Å². The number of aliphatic hydroxyl groups is 2. The molecule has 0 saturated heterocycles. The van der Waals surface area contributed by atoms with E-state index in [4.69, 9.17) is 10.5 Å². The molecule has 1 heterocycles. The van der Waals surface area contributed by atoms with Crippen LogP contribution in [0.4, 0.5) is 5.69 Å². The topological polar surface area (TPSA) is 149 Å². The summed E-state index contributed by atoms with van der Waals surface area (Å²) in [7, 11) is 1.59. The van der Waals surface area contributed by atoms with Crippen LogP contribution in [0.15, 0.2) is 41.2 Å². The van der Waals surface area contributed by atoms with Crippen molar-refractivity contribution in [3.63, 3.8) is 0 Å². The highest BCUT2D eigenvalue weighted by Crippen LogP contribution is 2.35. The summed E-state index contributed by atoms with van der Waals surface area (Å²) < 4.78 is 8.27. The average molecular weight is 497 g/mol. The molecule has 1 aromatic heterocycles. The molecule has 1 saturated carbocycles. The fourth-order valence-corrected chi connectivity index (χ4v) is 5.07. The molecule has 4 rings (SSSR count). The lowest BCUT2D eigenvalue weighted by Crippen LogP contribution is -2.34. The van der Waals surface area contributed by atoms with Gasteiger partial charge in [0.1, 0.15) is 5.75 Å². The van der Waals surface area contributed by atoms with Gasteiger partial charge in [0.05, 0.1) is 43.0 Å². The summed E-state index contributed by atoms with van der Waals surface area (Å²) in [5, 5.41) is 22.3. The SMILES string of the molecule is COc1cc(NC(=O)[C@H]2CC[C@@H](n3c(=O)n(CC(O)CO)c4c(C(N)=O)cccc43)CC2)ccc1C. The van der Waals surface area contributed by atoms with E-state index in [2.05, 4.69) is 5.32 Å². The van der Waals surface area contributed by atoms with Crippen molar-refractivity contribution in [2.45, 2.75) is 51.3 Å². The largest absolute Gasteiger partial charge is 0.496 e. The minimum atomic E-state index is -1.16. The van der Waals surface area contributed by atoms with E-state index in [1.807, 2.05) is 19.1 Å². The highest BCUT2D eigenvalue weighted by molar-refractivity contribution is 6.04. The second-order valence-electron chi connectivity index (χ2n) is 9.32. The van der Waals surface area contributed by atoms with Crippen LogP contribution in [-0.4, -0.2) is 51.0 Å². The van der Waals surface area contributed by atoms with Gasteiger partial charge in [-0.05, 0) is 56.4 Å². The first kappa shape index (κ1) is 25.5. The average Bonchev–Trinajstić information content (AvgIpc) is 3.15. The fourth-order valence-electron chi connectivity index (χ4n) is 5.07. The lowest BCUT2D eigenvalue weighted by Gasteiger charge is -2.28. The number of ether oxygens (including phenoxy) is 1. The van der Waals surface area contributed by atoms with Gasteiger partial charge in [0.2, 0.25) is 5.91 Å². The van der Waals surface area contributed by atoms with Gasteiger partial charge in [-0.1, -0.05) is 12.1 Å². The number of benzene rings is 2. The Balaban J connectivity index is 1.56. The number of fused-ring (bicyclic) bond motifs is 1. The molecular formula is C26H32N4O6. The number of aryl methyl sites for hydroxylation is 1. The molecule has 0 spiro atoms. The maximum absolute atomic E-state index is 13.4. The molecule has 0 bridgehead atoms. The Labute approximate surface area is 208 Å². The molecule has 0 aliphatic heterocycles. The number of para-hydroxylation sites is 1. The third-order valence-electron chi connectivity index (χ3n) is 6.96. The summed E-state index contributed by atoms with van der Waals surface area (Å²) in [6, 6.07) is 10.3. The normalized spacial score (nSPS) is 18.7. The summed E-state index contributed by atoms with van der Waals surface area (Å²) in [6.45, 7) is 1.24. The molecule has 1 unspecified atom stereocenters. The maximum Gasteiger partial charge on any atom is 0.329 e. The molecule has 5 N–H and O–H groups in total. The smallest absolute Gasteiger partial charge is 0.329 e. The Morgan fingerprint density at radius 1 is 1.19 bits per heavy atom. The van der Waals surface area contributed by atoms with Crippen LogP contribution in [0.2, 0.25) is 0 Å². The van der Waals surface area contributed by atoms with Gasteiger partial charge in [-0.15, -0.1) is 0 Å². The number of hydrogen-bond donors (Lipinski definition) is 4. The molecule has 1 aliphatic carbocycles. The zero-order valence-electron chi connectivity index (χ0n) is 20.4. The van der Waals surface area contributed by atoms with Gasteiger partial charge >= 0.3 is 5.69 Å². The van der Waals surface area contributed by atoms with Crippen molar-refractivity contribution in [3.05, 3.63) is 58.0 Å². The Morgan fingerprint density at radius 2 is 1.92 bits per heavy atom. The van der Waals surface area contributed by atoms with Crippen molar-refractivity contribution in [3.8, 4) is 5.75 Å². The molecule has 3 aromatic rings. The van der Waals surface area contributed by atoms with Crippen LogP contribution in [0, 0.1) is 12.8 Å². The number of imidazole rings is 1. The first-order chi connectivity index (χ1) is 17.2. The number of aliphatic hydroxyl groups excluding tert-OH is 2. The maximum atomic E-state index is 13.4. The second kappa shape index (κ2) is 10.5. The van der Waals surface area contributed by atoms with Gasteiger partial charge in [0.25, 0.3) is 5.91 Å². The van der Waals surface area contributed by atoms with Crippen LogP contribution in [0.25, 0.3) is 11.0 Å². The Morgan fingerprint density at radius 3 is 2.56 bits per heavy atom. The standard InChI is InChI=1S/C26H32N4O6/c1-15-6-9-17(12-22(15)36-2)28-25(34)16-7-10-18(11-8-16)30-21-5-3-4-20(24(27)33)23(21)29(26(30)35)13-19(32)14-31/h3-6,9,12,16,18-19,31-32H,7-8,10-11,13-14H2,1-2H3,(H2,27,33)(H,28,34)/t16-,18+,19?. The van der Waals surface area contributed by atoms with Crippen molar-refractivity contribution < 1.29 is 24.5 Å². The number of anilines is 1. The minimum Gasteiger partial charge on any atom is -0.496 e. The molecule has 10 heteroatoms. The number of amides is 2. The van der Waals surface area contributed by atoms with E-state index >= 15 is 0 Å². The van der Waals surface area contributed by atoms with Crippen LogP contribution in [-0.2, 0) is 11.3 Å². The van der Waals surface area contributed by atoms with E-state index in [-0.39, 0.29) is 35.7 Å². The van der Waals surface area contributed by atoms with Gasteiger partial charge < -0.3 is 26.0 Å². The summed E-state index contributed by atoms with van der Waals surface area (Å²) in [5.41, 5.74) is 7.89. The number of rotatable bonds is 8. The molecule has 1 atom stereocenters. The number of nitrogens with two attached hydrogens (primary N) is 1. The highest BCUT2D eigenvalue weighted by Gasteiger charge is 2.31. The summed E-state index contributed by atoms with van der Waals surface area (Å²) in [5.74, 6) is -0.252. The Kier molecular flexibility index (Phi) is 7.46. The third-order valence-corrected chi connectivity index (χ3v) is 6.96. The number of nitrogens with one attached hydrogen (secondary N) is 1. The van der Waals surface area contributed by atoms with Crippen LogP contribution in [0.3, 0.4) is 0 Å². The van der Waals surface area contributed by atoms with Crippen LogP contribution in [0.1, 0.15) is 47.6 Å². The second-order valence-corrected chi connectivity index (χ2v) is 9.32. The first-order valence-corrected chi connectivity index (χ1v) is 12.0. The van der Waals surface area contributed by atoms with Gasteiger partial charge in [-0.25, -0.2) is 4.79 Å². The lowest BCUT2D eigenvalue weighted by atomic mass is 9.85. The number of hydrogen-bond acceptors (Lipinski definition) is 6. The molecule has 10 nitrogen and oxygen atoms in total. The Hall–Kier alpha value is -3.63. The number of aromatic nitrogens is 2. The van der Waals surface area contributed by atoms with E-state index in [0.717, 1.165) is 5.56 Å². The van der Waals surface area contributed by atoms with E-state index < -0.39 is 18.6 Å². The van der Waals surface area contributed by atoms with Crippen molar-refractivity contribution in [1.82, 2.24) is 9.13 Å².